The van der Waals surface area contributed by atoms with E-state index in [4.69, 9.17) is 21.1 Å². The lowest BCUT2D eigenvalue weighted by Crippen LogP contribution is -2.42. The Morgan fingerprint density at radius 1 is 1.32 bits per heavy atom. The van der Waals surface area contributed by atoms with Crippen LogP contribution in [-0.4, -0.2) is 36.8 Å². The molecule has 0 saturated carbocycles. The van der Waals surface area contributed by atoms with E-state index < -0.39 is 0 Å². The van der Waals surface area contributed by atoms with E-state index in [1.807, 2.05) is 25.1 Å². The van der Waals surface area contributed by atoms with Crippen LogP contribution in [0.1, 0.15) is 11.1 Å². The lowest BCUT2D eigenvalue weighted by atomic mass is 9.95. The summed E-state index contributed by atoms with van der Waals surface area (Å²) in [5.41, 5.74) is 2.10. The van der Waals surface area contributed by atoms with Gasteiger partial charge in [-0.15, -0.1) is 0 Å². The molecule has 1 aliphatic rings. The summed E-state index contributed by atoms with van der Waals surface area (Å²) in [7, 11) is 0. The average molecular weight is 361 g/mol. The minimum Gasteiger partial charge on any atom is -0.484 e. The summed E-state index contributed by atoms with van der Waals surface area (Å²) in [4.78, 5) is 16.2. The van der Waals surface area contributed by atoms with Gasteiger partial charge in [-0.05, 0) is 54.8 Å². The van der Waals surface area contributed by atoms with E-state index in [-0.39, 0.29) is 24.5 Å². The summed E-state index contributed by atoms with van der Waals surface area (Å²) in [6.07, 6.45) is 4.41. The molecule has 1 aromatic carbocycles. The third kappa shape index (κ3) is 4.94. The maximum Gasteiger partial charge on any atom is 0.258 e. The Morgan fingerprint density at radius 2 is 2.12 bits per heavy atom. The van der Waals surface area contributed by atoms with Gasteiger partial charge in [0, 0.05) is 23.3 Å². The maximum atomic E-state index is 12.2. The Balaban J connectivity index is 1.51. The Morgan fingerprint density at radius 3 is 2.88 bits per heavy atom. The average Bonchev–Trinajstić information content (AvgIpc) is 3.02. The molecule has 132 valence electrons. The summed E-state index contributed by atoms with van der Waals surface area (Å²) in [5, 5.41) is 3.67. The van der Waals surface area contributed by atoms with E-state index in [0.717, 1.165) is 12.0 Å². The summed E-state index contributed by atoms with van der Waals surface area (Å²) in [5.74, 6) is 0.767. The van der Waals surface area contributed by atoms with Gasteiger partial charge in [0.25, 0.3) is 5.91 Å². The largest absolute Gasteiger partial charge is 0.484 e. The van der Waals surface area contributed by atoms with Gasteiger partial charge in [0.05, 0.1) is 19.3 Å². The number of aromatic nitrogens is 1. The highest BCUT2D eigenvalue weighted by molar-refractivity contribution is 6.30. The molecule has 5 nitrogen and oxygen atoms in total. The fourth-order valence-corrected chi connectivity index (χ4v) is 3.17. The van der Waals surface area contributed by atoms with Gasteiger partial charge in [0.2, 0.25) is 0 Å². The van der Waals surface area contributed by atoms with Gasteiger partial charge in [-0.25, -0.2) is 0 Å². The number of pyridine rings is 1. The summed E-state index contributed by atoms with van der Waals surface area (Å²) >= 11 is 5.92. The first-order valence-corrected chi connectivity index (χ1v) is 8.64. The fourth-order valence-electron chi connectivity index (χ4n) is 2.95. The predicted octanol–water partition coefficient (Wildman–Crippen LogP) is 2.80. The first kappa shape index (κ1) is 17.7. The Labute approximate surface area is 152 Å². The molecule has 0 bridgehead atoms. The van der Waals surface area contributed by atoms with Crippen molar-refractivity contribution in [2.24, 2.45) is 5.92 Å². The van der Waals surface area contributed by atoms with Crippen molar-refractivity contribution < 1.29 is 14.3 Å². The van der Waals surface area contributed by atoms with Crippen molar-refractivity contribution in [1.29, 1.82) is 0 Å². The predicted molar refractivity (Wildman–Crippen MR) is 95.9 cm³/mol. The smallest absolute Gasteiger partial charge is 0.258 e. The van der Waals surface area contributed by atoms with Crippen LogP contribution in [0.5, 0.6) is 5.75 Å². The number of rotatable bonds is 6. The zero-order chi connectivity index (χ0) is 17.6. The lowest BCUT2D eigenvalue weighted by Gasteiger charge is -2.19. The first-order chi connectivity index (χ1) is 12.1. The normalized spacial score (nSPS) is 19.6. The Bertz CT molecular complexity index is 724. The minimum absolute atomic E-state index is 0.00409. The highest BCUT2D eigenvalue weighted by Crippen LogP contribution is 2.22. The second-order valence-electron chi connectivity index (χ2n) is 6.23. The van der Waals surface area contributed by atoms with Crippen LogP contribution in [0.15, 0.2) is 42.7 Å². The molecule has 1 amide bonds. The van der Waals surface area contributed by atoms with Crippen LogP contribution in [0, 0.1) is 12.8 Å². The van der Waals surface area contributed by atoms with Crippen LogP contribution in [0.2, 0.25) is 5.02 Å². The third-order valence-corrected chi connectivity index (χ3v) is 4.52. The molecule has 1 aromatic heterocycles. The van der Waals surface area contributed by atoms with Gasteiger partial charge in [0.1, 0.15) is 5.75 Å². The first-order valence-electron chi connectivity index (χ1n) is 8.27. The molecule has 0 unspecified atom stereocenters. The standard InChI is InChI=1S/C19H21ClN2O3/c1-13-8-16(20)2-3-18(13)25-12-19(23)22-17-11-24-10-15(17)9-14-4-6-21-7-5-14/h2-8,15,17H,9-12H2,1H3,(H,22,23)/t15-,17+/m1/s1. The molecule has 1 N–H and O–H groups in total. The molecule has 1 aliphatic heterocycles. The van der Waals surface area contributed by atoms with Crippen LogP contribution >= 0.6 is 11.6 Å². The lowest BCUT2D eigenvalue weighted by molar-refractivity contribution is -0.124. The Hall–Kier alpha value is -2.11. The van der Waals surface area contributed by atoms with Gasteiger partial charge in [-0.1, -0.05) is 11.6 Å². The molecular weight excluding hydrogens is 340 g/mol. The summed E-state index contributed by atoms with van der Waals surface area (Å²) in [6, 6.07) is 9.31. The highest BCUT2D eigenvalue weighted by Gasteiger charge is 2.29. The Kier molecular flexibility index (Phi) is 5.89. The van der Waals surface area contributed by atoms with Crippen molar-refractivity contribution in [2.75, 3.05) is 19.8 Å². The maximum absolute atomic E-state index is 12.2. The zero-order valence-electron chi connectivity index (χ0n) is 14.1. The quantitative estimate of drug-likeness (QED) is 0.860. The molecule has 6 heteroatoms. The number of carbonyl (C=O) groups is 1. The number of halogens is 1. The number of amides is 1. The highest BCUT2D eigenvalue weighted by atomic mass is 35.5. The molecule has 2 heterocycles. The van der Waals surface area contributed by atoms with Crippen molar-refractivity contribution >= 4 is 17.5 Å². The molecule has 1 saturated heterocycles. The number of nitrogens with one attached hydrogen (secondary N) is 1. The van der Waals surface area contributed by atoms with Crippen LogP contribution in [0.4, 0.5) is 0 Å². The van der Waals surface area contributed by atoms with E-state index in [0.29, 0.717) is 24.0 Å². The number of benzene rings is 1. The van der Waals surface area contributed by atoms with Crippen LogP contribution in [-0.2, 0) is 16.0 Å². The number of carbonyl (C=O) groups excluding carboxylic acids is 1. The van der Waals surface area contributed by atoms with E-state index >= 15 is 0 Å². The van der Waals surface area contributed by atoms with Crippen molar-refractivity contribution in [2.45, 2.75) is 19.4 Å². The van der Waals surface area contributed by atoms with Crippen molar-refractivity contribution in [3.05, 3.63) is 58.9 Å². The van der Waals surface area contributed by atoms with Crippen molar-refractivity contribution in [3.8, 4) is 5.75 Å². The van der Waals surface area contributed by atoms with Crippen LogP contribution in [0.3, 0.4) is 0 Å². The number of aryl methyl sites for hydroxylation is 1. The third-order valence-electron chi connectivity index (χ3n) is 4.29. The van der Waals surface area contributed by atoms with Crippen LogP contribution < -0.4 is 10.1 Å². The van der Waals surface area contributed by atoms with Gasteiger partial charge >= 0.3 is 0 Å². The molecule has 3 rings (SSSR count). The second kappa shape index (κ2) is 8.32. The zero-order valence-corrected chi connectivity index (χ0v) is 14.8. The topological polar surface area (TPSA) is 60.5 Å². The molecule has 0 spiro atoms. The molecule has 2 aromatic rings. The number of ether oxygens (including phenoxy) is 2. The van der Waals surface area contributed by atoms with Crippen LogP contribution in [0.25, 0.3) is 0 Å². The molecule has 0 aliphatic carbocycles. The van der Waals surface area contributed by atoms with E-state index in [2.05, 4.69) is 10.3 Å². The number of nitrogens with zero attached hydrogens (tertiary/aromatic N) is 1. The second-order valence-corrected chi connectivity index (χ2v) is 6.67. The molecule has 0 radical (unpaired) electrons. The molecule has 2 atom stereocenters. The summed E-state index contributed by atoms with van der Waals surface area (Å²) in [6.45, 7) is 3.04. The molecule has 1 fully saturated rings. The van der Waals surface area contributed by atoms with Gasteiger partial charge in [-0.3, -0.25) is 9.78 Å². The van der Waals surface area contributed by atoms with Gasteiger partial charge < -0.3 is 14.8 Å². The van der Waals surface area contributed by atoms with E-state index in [1.54, 1.807) is 24.5 Å². The summed E-state index contributed by atoms with van der Waals surface area (Å²) < 4.78 is 11.1. The number of hydrogen-bond donors (Lipinski definition) is 1. The minimum atomic E-state index is -0.149. The molecule has 25 heavy (non-hydrogen) atoms. The fraction of sp³-hybridized carbons (Fsp3) is 0.368. The van der Waals surface area contributed by atoms with E-state index in [1.165, 1.54) is 5.56 Å². The van der Waals surface area contributed by atoms with E-state index in [9.17, 15) is 4.79 Å². The van der Waals surface area contributed by atoms with Gasteiger partial charge in [0.15, 0.2) is 6.61 Å². The van der Waals surface area contributed by atoms with Crippen molar-refractivity contribution in [3.63, 3.8) is 0 Å². The van der Waals surface area contributed by atoms with Crippen molar-refractivity contribution in [1.82, 2.24) is 10.3 Å². The van der Waals surface area contributed by atoms with Gasteiger partial charge in [-0.2, -0.15) is 0 Å². The molecular formula is C19H21ClN2O3. The monoisotopic (exact) mass is 360 g/mol. The number of hydrogen-bond acceptors (Lipinski definition) is 4. The SMILES string of the molecule is Cc1cc(Cl)ccc1OCC(=O)N[C@H]1COC[C@H]1Cc1ccncc1.